The van der Waals surface area contributed by atoms with Crippen LogP contribution in [0.1, 0.15) is 27.7 Å². The highest BCUT2D eigenvalue weighted by atomic mass is 33.1. The van der Waals surface area contributed by atoms with Gasteiger partial charge in [-0.1, -0.05) is 21.6 Å². The standard InChI is InChI=1S/C20H30O12S2/c1-9(21)29-15-13(7-27-19(25-5)17(15)31-11(3)23)33-34-14-8-28-20(26-6)18(32-12(4)24)16(14)30-10(2)22/h13-20H,7-8H2,1-6H3/t13-,14-,15-,16-,17+,18+,19-,20-/m0/s1. The summed E-state index contributed by atoms with van der Waals surface area (Å²) in [5.74, 6) is -2.30. The Balaban J connectivity index is 2.20. The van der Waals surface area contributed by atoms with Crippen LogP contribution >= 0.6 is 21.6 Å². The lowest BCUT2D eigenvalue weighted by Gasteiger charge is -2.42. The Hall–Kier alpha value is -1.58. The van der Waals surface area contributed by atoms with Crippen molar-refractivity contribution >= 4 is 45.5 Å². The molecule has 0 spiro atoms. The first kappa shape index (κ1) is 28.7. The lowest BCUT2D eigenvalue weighted by Crippen LogP contribution is -2.56. The van der Waals surface area contributed by atoms with Crippen molar-refractivity contribution in [2.24, 2.45) is 0 Å². The Bertz CT molecular complexity index is 674. The summed E-state index contributed by atoms with van der Waals surface area (Å²) in [6.45, 7) is 5.19. The van der Waals surface area contributed by atoms with E-state index in [1.54, 1.807) is 0 Å². The number of hydrogen-bond donors (Lipinski definition) is 0. The minimum Gasteiger partial charge on any atom is -0.457 e. The number of rotatable bonds is 9. The third kappa shape index (κ3) is 7.99. The lowest BCUT2D eigenvalue weighted by atomic mass is 10.1. The van der Waals surface area contributed by atoms with E-state index in [9.17, 15) is 19.2 Å². The van der Waals surface area contributed by atoms with Gasteiger partial charge in [0.05, 0.1) is 23.7 Å². The van der Waals surface area contributed by atoms with Crippen LogP contribution in [0.2, 0.25) is 0 Å². The number of carbonyl (C=O) groups is 4. The largest absolute Gasteiger partial charge is 0.457 e. The Labute approximate surface area is 205 Å². The molecule has 0 aromatic rings. The molecule has 2 rings (SSSR count). The first-order valence-corrected chi connectivity index (χ1v) is 12.6. The summed E-state index contributed by atoms with van der Waals surface area (Å²) in [5.41, 5.74) is 0. The summed E-state index contributed by atoms with van der Waals surface area (Å²) < 4.78 is 43.5. The minimum atomic E-state index is -0.989. The van der Waals surface area contributed by atoms with Gasteiger partial charge in [-0.3, -0.25) is 19.2 Å². The Morgan fingerprint density at radius 2 is 0.882 bits per heavy atom. The predicted octanol–water partition coefficient (Wildman–Crippen LogP) is 0.837. The quantitative estimate of drug-likeness (QED) is 0.238. The van der Waals surface area contributed by atoms with Crippen molar-refractivity contribution < 1.29 is 57.1 Å². The highest BCUT2D eigenvalue weighted by Crippen LogP contribution is 2.42. The van der Waals surface area contributed by atoms with Crippen molar-refractivity contribution in [1.82, 2.24) is 0 Å². The molecule has 2 aliphatic heterocycles. The molecule has 8 atom stereocenters. The van der Waals surface area contributed by atoms with Gasteiger partial charge in [0.25, 0.3) is 0 Å². The van der Waals surface area contributed by atoms with E-state index in [1.807, 2.05) is 0 Å². The Morgan fingerprint density at radius 1 is 0.588 bits per heavy atom. The smallest absolute Gasteiger partial charge is 0.303 e. The van der Waals surface area contributed by atoms with Gasteiger partial charge in [-0.2, -0.15) is 0 Å². The van der Waals surface area contributed by atoms with E-state index in [1.165, 1.54) is 63.5 Å². The molecule has 0 N–H and O–H groups in total. The number of carbonyl (C=O) groups excluding carboxylic acids is 4. The van der Waals surface area contributed by atoms with E-state index in [2.05, 4.69) is 0 Å². The Kier molecular flexibility index (Phi) is 11.4. The van der Waals surface area contributed by atoms with Gasteiger partial charge in [-0.15, -0.1) is 0 Å². The maximum atomic E-state index is 11.8. The molecular formula is C20H30O12S2. The summed E-state index contributed by atoms with van der Waals surface area (Å²) in [6, 6.07) is 0. The molecule has 0 aliphatic carbocycles. The average Bonchev–Trinajstić information content (AvgIpc) is 2.74. The molecule has 2 aliphatic rings. The number of methoxy groups -OCH3 is 2. The monoisotopic (exact) mass is 526 g/mol. The normalized spacial score (nSPS) is 33.5. The van der Waals surface area contributed by atoms with Crippen LogP contribution in [0.5, 0.6) is 0 Å². The van der Waals surface area contributed by atoms with Crippen LogP contribution in [0, 0.1) is 0 Å². The van der Waals surface area contributed by atoms with E-state index in [0.717, 1.165) is 0 Å². The lowest BCUT2D eigenvalue weighted by molar-refractivity contribution is -0.245. The second-order valence-electron chi connectivity index (χ2n) is 7.44. The van der Waals surface area contributed by atoms with Crippen molar-refractivity contribution in [3.63, 3.8) is 0 Å². The molecule has 14 heteroatoms. The van der Waals surface area contributed by atoms with E-state index < -0.39 is 71.4 Å². The zero-order valence-corrected chi connectivity index (χ0v) is 21.4. The third-order valence-electron chi connectivity index (χ3n) is 4.74. The number of hydrogen-bond acceptors (Lipinski definition) is 14. The summed E-state index contributed by atoms with van der Waals surface area (Å²) in [6.07, 6.45) is -5.56. The van der Waals surface area contributed by atoms with Crippen LogP contribution in [0.15, 0.2) is 0 Å². The van der Waals surface area contributed by atoms with E-state index in [-0.39, 0.29) is 13.2 Å². The highest BCUT2D eigenvalue weighted by Gasteiger charge is 2.49. The second kappa shape index (κ2) is 13.5. The molecule has 0 aromatic carbocycles. The first-order chi connectivity index (χ1) is 16.1. The van der Waals surface area contributed by atoms with Crippen LogP contribution < -0.4 is 0 Å². The molecule has 2 heterocycles. The van der Waals surface area contributed by atoms with Crippen molar-refractivity contribution in [3.05, 3.63) is 0 Å². The molecular weight excluding hydrogens is 496 g/mol. The fourth-order valence-electron chi connectivity index (χ4n) is 3.50. The molecule has 0 unspecified atom stereocenters. The molecule has 2 fully saturated rings. The molecule has 0 saturated carbocycles. The highest BCUT2D eigenvalue weighted by molar-refractivity contribution is 8.77. The fraction of sp³-hybridized carbons (Fsp3) is 0.800. The van der Waals surface area contributed by atoms with Gasteiger partial charge in [-0.25, -0.2) is 0 Å². The summed E-state index contributed by atoms with van der Waals surface area (Å²) in [5, 5.41) is -0.954. The third-order valence-corrected chi connectivity index (χ3v) is 7.97. The molecule has 12 nitrogen and oxygen atoms in total. The zero-order chi connectivity index (χ0) is 25.4. The maximum absolute atomic E-state index is 11.8. The average molecular weight is 527 g/mol. The fourth-order valence-corrected chi connectivity index (χ4v) is 6.54. The number of ether oxygens (including phenoxy) is 8. The van der Waals surface area contributed by atoms with Crippen LogP contribution in [0.25, 0.3) is 0 Å². The van der Waals surface area contributed by atoms with Crippen molar-refractivity contribution in [2.45, 2.75) is 75.2 Å². The van der Waals surface area contributed by atoms with Gasteiger partial charge in [0.15, 0.2) is 37.0 Å². The summed E-state index contributed by atoms with van der Waals surface area (Å²) in [7, 11) is 5.32. The molecule has 0 amide bonds. The SMILES string of the molecule is CO[C@H]1OC[C@H](SS[C@H]2CO[C@H](OC)[C@H](OC(C)=O)[C@H]2OC(C)=O)[C@H](OC(C)=O)[C@H]1OC(C)=O. The summed E-state index contributed by atoms with van der Waals surface area (Å²) >= 11 is 0. The van der Waals surface area contributed by atoms with Crippen LogP contribution in [0.3, 0.4) is 0 Å². The van der Waals surface area contributed by atoms with Gasteiger partial charge >= 0.3 is 23.9 Å². The van der Waals surface area contributed by atoms with E-state index in [0.29, 0.717) is 0 Å². The topological polar surface area (TPSA) is 142 Å². The second-order valence-corrected chi connectivity index (χ2v) is 10.2. The van der Waals surface area contributed by atoms with Crippen molar-refractivity contribution in [2.75, 3.05) is 27.4 Å². The minimum absolute atomic E-state index is 0.117. The molecule has 34 heavy (non-hydrogen) atoms. The van der Waals surface area contributed by atoms with Gasteiger partial charge < -0.3 is 37.9 Å². The molecule has 2 saturated heterocycles. The van der Waals surface area contributed by atoms with Gasteiger partial charge in [0.1, 0.15) is 0 Å². The molecule has 194 valence electrons. The molecule has 0 aromatic heterocycles. The van der Waals surface area contributed by atoms with Gasteiger partial charge in [0.2, 0.25) is 0 Å². The van der Waals surface area contributed by atoms with Crippen LogP contribution in [-0.2, 0) is 57.1 Å². The van der Waals surface area contributed by atoms with E-state index >= 15 is 0 Å². The predicted molar refractivity (Wildman–Crippen MR) is 118 cm³/mol. The van der Waals surface area contributed by atoms with E-state index in [4.69, 9.17) is 37.9 Å². The van der Waals surface area contributed by atoms with Crippen LogP contribution in [0.4, 0.5) is 0 Å². The number of esters is 4. The maximum Gasteiger partial charge on any atom is 0.303 e. The van der Waals surface area contributed by atoms with Crippen molar-refractivity contribution in [1.29, 1.82) is 0 Å². The first-order valence-electron chi connectivity index (χ1n) is 10.4. The van der Waals surface area contributed by atoms with Gasteiger partial charge in [0, 0.05) is 41.9 Å². The van der Waals surface area contributed by atoms with Gasteiger partial charge in [-0.05, 0) is 0 Å². The molecule has 0 radical (unpaired) electrons. The van der Waals surface area contributed by atoms with Crippen LogP contribution in [-0.4, -0.2) is 98.8 Å². The molecule has 0 bridgehead atoms. The Morgan fingerprint density at radius 3 is 1.15 bits per heavy atom. The van der Waals surface area contributed by atoms with Crippen molar-refractivity contribution in [3.8, 4) is 0 Å². The zero-order valence-electron chi connectivity index (χ0n) is 19.7. The summed E-state index contributed by atoms with van der Waals surface area (Å²) in [4.78, 5) is 46.8.